The van der Waals surface area contributed by atoms with E-state index in [-0.39, 0.29) is 0 Å². The molecule has 0 radical (unpaired) electrons. The molecule has 0 aliphatic carbocycles. The van der Waals surface area contributed by atoms with Gasteiger partial charge in [-0.05, 0) is 32.4 Å². The molecule has 0 aliphatic rings. The van der Waals surface area contributed by atoms with Crippen LogP contribution in [0.25, 0.3) is 0 Å². The number of nitrogens with one attached hydrogen (secondary N) is 1. The minimum absolute atomic E-state index is 1.01. The van der Waals surface area contributed by atoms with Gasteiger partial charge >= 0.3 is 0 Å². The van der Waals surface area contributed by atoms with Gasteiger partial charge in [0.2, 0.25) is 0 Å². The van der Waals surface area contributed by atoms with Crippen molar-refractivity contribution in [2.45, 2.75) is 6.92 Å². The van der Waals surface area contributed by atoms with Crippen molar-refractivity contribution in [3.63, 3.8) is 0 Å². The van der Waals surface area contributed by atoms with E-state index in [1.54, 1.807) is 0 Å². The van der Waals surface area contributed by atoms with Crippen molar-refractivity contribution in [1.82, 2.24) is 4.90 Å². The van der Waals surface area contributed by atoms with E-state index in [1.807, 2.05) is 11.8 Å². The Kier molecular flexibility index (Phi) is 6.34. The van der Waals surface area contributed by atoms with Crippen LogP contribution in [0.5, 0.6) is 0 Å². The van der Waals surface area contributed by atoms with E-state index in [0.29, 0.717) is 0 Å². The normalized spacial score (nSPS) is 10.8. The average Bonchev–Trinajstić information content (AvgIpc) is 2.29. The van der Waals surface area contributed by atoms with Gasteiger partial charge in [-0.15, -0.1) is 0 Å². The van der Waals surface area contributed by atoms with E-state index in [4.69, 9.17) is 0 Å². The molecule has 0 heterocycles. The zero-order chi connectivity index (χ0) is 11.8. The smallest absolute Gasteiger partial charge is 0.0340 e. The lowest BCUT2D eigenvalue weighted by Gasteiger charge is -2.16. The second-order valence-electron chi connectivity index (χ2n) is 4.09. The summed E-state index contributed by atoms with van der Waals surface area (Å²) in [7, 11) is 2.17. The van der Waals surface area contributed by atoms with Crippen molar-refractivity contribution in [1.29, 1.82) is 0 Å². The summed E-state index contributed by atoms with van der Waals surface area (Å²) in [4.78, 5) is 2.36. The molecule has 0 atom stereocenters. The molecule has 0 aliphatic heterocycles. The lowest BCUT2D eigenvalue weighted by Crippen LogP contribution is -2.27. The van der Waals surface area contributed by atoms with E-state index in [0.717, 1.165) is 19.6 Å². The number of aryl methyl sites for hydroxylation is 1. The third-order valence-electron chi connectivity index (χ3n) is 2.55. The molecular formula is C13H22N2S. The monoisotopic (exact) mass is 238 g/mol. The Hall–Kier alpha value is -0.670. The Bertz CT molecular complexity index is 284. The first kappa shape index (κ1) is 13.4. The number of likely N-dealkylation sites (N-methyl/N-ethyl adjacent to an activating group) is 1. The maximum absolute atomic E-state index is 3.43. The second kappa shape index (κ2) is 7.58. The van der Waals surface area contributed by atoms with Crippen LogP contribution in [0.3, 0.4) is 0 Å². The van der Waals surface area contributed by atoms with Crippen molar-refractivity contribution in [2.24, 2.45) is 0 Å². The van der Waals surface area contributed by atoms with Gasteiger partial charge in [-0.25, -0.2) is 0 Å². The van der Waals surface area contributed by atoms with Gasteiger partial charge in [0.25, 0.3) is 0 Å². The Balaban J connectivity index is 2.17. The third kappa shape index (κ3) is 5.42. The molecule has 0 aromatic heterocycles. The van der Waals surface area contributed by atoms with Crippen LogP contribution in [-0.4, -0.2) is 43.6 Å². The molecule has 3 heteroatoms. The van der Waals surface area contributed by atoms with E-state index in [1.165, 1.54) is 17.0 Å². The van der Waals surface area contributed by atoms with E-state index >= 15 is 0 Å². The first-order chi connectivity index (χ1) is 7.72. The first-order valence-electron chi connectivity index (χ1n) is 5.70. The number of benzene rings is 1. The van der Waals surface area contributed by atoms with Gasteiger partial charge in [-0.1, -0.05) is 17.7 Å². The summed E-state index contributed by atoms with van der Waals surface area (Å²) in [6.45, 7) is 5.37. The molecule has 0 fully saturated rings. The van der Waals surface area contributed by atoms with Crippen LogP contribution in [-0.2, 0) is 0 Å². The molecule has 0 unspecified atom stereocenters. The van der Waals surface area contributed by atoms with Gasteiger partial charge in [0.05, 0.1) is 0 Å². The quantitative estimate of drug-likeness (QED) is 0.786. The lowest BCUT2D eigenvalue weighted by molar-refractivity contribution is 0.370. The molecule has 16 heavy (non-hydrogen) atoms. The highest BCUT2D eigenvalue weighted by Crippen LogP contribution is 2.07. The van der Waals surface area contributed by atoms with Gasteiger partial charge in [0, 0.05) is 31.1 Å². The van der Waals surface area contributed by atoms with Crippen molar-refractivity contribution in [3.8, 4) is 0 Å². The summed E-state index contributed by atoms with van der Waals surface area (Å²) in [6.07, 6.45) is 2.15. The van der Waals surface area contributed by atoms with Crippen LogP contribution in [0.4, 0.5) is 5.69 Å². The average molecular weight is 238 g/mol. The molecular weight excluding hydrogens is 216 g/mol. The van der Waals surface area contributed by atoms with Crippen LogP contribution >= 0.6 is 11.8 Å². The van der Waals surface area contributed by atoms with Crippen molar-refractivity contribution < 1.29 is 0 Å². The highest BCUT2D eigenvalue weighted by molar-refractivity contribution is 7.98. The fourth-order valence-electron chi connectivity index (χ4n) is 1.42. The molecule has 0 spiro atoms. The summed E-state index contributed by atoms with van der Waals surface area (Å²) in [5.74, 6) is 1.21. The Morgan fingerprint density at radius 2 is 1.88 bits per heavy atom. The summed E-state index contributed by atoms with van der Waals surface area (Å²) in [5.41, 5.74) is 2.52. The molecule has 0 saturated carbocycles. The summed E-state index contributed by atoms with van der Waals surface area (Å²) in [6, 6.07) is 8.55. The van der Waals surface area contributed by atoms with Crippen LogP contribution in [0.15, 0.2) is 24.3 Å². The maximum Gasteiger partial charge on any atom is 0.0340 e. The molecule has 0 bridgehead atoms. The number of hydrogen-bond donors (Lipinski definition) is 1. The fraction of sp³-hybridized carbons (Fsp3) is 0.538. The van der Waals surface area contributed by atoms with E-state index < -0.39 is 0 Å². The van der Waals surface area contributed by atoms with E-state index in [9.17, 15) is 0 Å². The Labute approximate surface area is 103 Å². The number of hydrogen-bond acceptors (Lipinski definition) is 3. The molecule has 2 nitrogen and oxygen atoms in total. The topological polar surface area (TPSA) is 15.3 Å². The number of rotatable bonds is 7. The zero-order valence-corrected chi connectivity index (χ0v) is 11.3. The summed E-state index contributed by atoms with van der Waals surface area (Å²) >= 11 is 1.90. The highest BCUT2D eigenvalue weighted by atomic mass is 32.2. The van der Waals surface area contributed by atoms with Gasteiger partial charge in [-0.2, -0.15) is 11.8 Å². The number of anilines is 1. The van der Waals surface area contributed by atoms with Gasteiger partial charge in [0.1, 0.15) is 0 Å². The predicted molar refractivity (Wildman–Crippen MR) is 75.5 cm³/mol. The van der Waals surface area contributed by atoms with Gasteiger partial charge < -0.3 is 10.2 Å². The standard InChI is InChI=1S/C13H22N2S/c1-12-4-6-13(7-5-12)14-8-9-15(2)10-11-16-3/h4-7,14H,8-11H2,1-3H3. The van der Waals surface area contributed by atoms with Crippen molar-refractivity contribution in [3.05, 3.63) is 29.8 Å². The van der Waals surface area contributed by atoms with Crippen molar-refractivity contribution >= 4 is 17.4 Å². The van der Waals surface area contributed by atoms with Crippen LogP contribution in [0.2, 0.25) is 0 Å². The summed E-state index contributed by atoms with van der Waals surface area (Å²) in [5, 5.41) is 3.43. The summed E-state index contributed by atoms with van der Waals surface area (Å²) < 4.78 is 0. The molecule has 0 amide bonds. The van der Waals surface area contributed by atoms with Gasteiger partial charge in [-0.3, -0.25) is 0 Å². The zero-order valence-electron chi connectivity index (χ0n) is 10.5. The van der Waals surface area contributed by atoms with Crippen LogP contribution in [0, 0.1) is 6.92 Å². The molecule has 0 saturated heterocycles. The molecule has 1 N–H and O–H groups in total. The minimum Gasteiger partial charge on any atom is -0.384 e. The van der Waals surface area contributed by atoms with Crippen molar-refractivity contribution in [2.75, 3.05) is 44.0 Å². The Morgan fingerprint density at radius 3 is 2.50 bits per heavy atom. The maximum atomic E-state index is 3.43. The first-order valence-corrected chi connectivity index (χ1v) is 7.10. The highest BCUT2D eigenvalue weighted by Gasteiger charge is 1.97. The van der Waals surface area contributed by atoms with Crippen LogP contribution in [0.1, 0.15) is 5.56 Å². The largest absolute Gasteiger partial charge is 0.384 e. The van der Waals surface area contributed by atoms with Crippen LogP contribution < -0.4 is 5.32 Å². The van der Waals surface area contributed by atoms with Gasteiger partial charge in [0.15, 0.2) is 0 Å². The molecule has 1 aromatic rings. The number of nitrogens with zero attached hydrogens (tertiary/aromatic N) is 1. The molecule has 1 rings (SSSR count). The van der Waals surface area contributed by atoms with E-state index in [2.05, 4.69) is 54.7 Å². The molecule has 90 valence electrons. The second-order valence-corrected chi connectivity index (χ2v) is 5.07. The molecule has 1 aromatic carbocycles. The Morgan fingerprint density at radius 1 is 1.19 bits per heavy atom. The fourth-order valence-corrected chi connectivity index (χ4v) is 1.92. The number of thioether (sulfide) groups is 1. The lowest BCUT2D eigenvalue weighted by atomic mass is 10.2. The minimum atomic E-state index is 1.01. The predicted octanol–water partition coefficient (Wildman–Crippen LogP) is 2.70. The third-order valence-corrected chi connectivity index (χ3v) is 3.14. The SMILES string of the molecule is CSCCN(C)CCNc1ccc(C)cc1.